The number of hydrogen-bond acceptors (Lipinski definition) is 7. The molecule has 1 N–H and O–H groups in total. The molecule has 2 heterocycles. The molecule has 1 aliphatic heterocycles. The third-order valence-corrected chi connectivity index (χ3v) is 5.34. The minimum absolute atomic E-state index is 0.0105. The number of furan rings is 1. The second kappa shape index (κ2) is 7.53. The largest absolute Gasteiger partial charge is 0.463 e. The van der Waals surface area contributed by atoms with Gasteiger partial charge in [-0.3, -0.25) is 14.5 Å². The Hall–Kier alpha value is -2.84. The first-order chi connectivity index (χ1) is 13.5. The van der Waals surface area contributed by atoms with Gasteiger partial charge in [0.05, 0.1) is 7.11 Å². The average Bonchev–Trinajstić information content (AvgIpc) is 3.17. The summed E-state index contributed by atoms with van der Waals surface area (Å²) in [5.41, 5.74) is -1.05. The summed E-state index contributed by atoms with van der Waals surface area (Å²) in [4.78, 5) is 49.9. The highest BCUT2D eigenvalue weighted by molar-refractivity contribution is 6.08. The number of carbonyl (C=O) groups excluding carboxylic acids is 4. The molecule has 9 heteroatoms. The van der Waals surface area contributed by atoms with E-state index in [1.807, 2.05) is 0 Å². The van der Waals surface area contributed by atoms with Crippen LogP contribution in [0.1, 0.15) is 56.3 Å². The lowest BCUT2D eigenvalue weighted by molar-refractivity contribution is -0.150. The molecule has 3 amide bonds. The Morgan fingerprint density at radius 2 is 2.00 bits per heavy atom. The number of ether oxygens (including phenoxy) is 2. The van der Waals surface area contributed by atoms with Gasteiger partial charge in [-0.25, -0.2) is 9.59 Å². The van der Waals surface area contributed by atoms with Gasteiger partial charge < -0.3 is 19.2 Å². The first kappa shape index (κ1) is 20.9. The zero-order valence-corrected chi connectivity index (χ0v) is 17.1. The Labute approximate surface area is 168 Å². The van der Waals surface area contributed by atoms with Crippen molar-refractivity contribution in [3.8, 4) is 0 Å². The summed E-state index contributed by atoms with van der Waals surface area (Å²) in [6, 6.07) is 2.30. The van der Waals surface area contributed by atoms with Crippen LogP contribution in [0.15, 0.2) is 16.5 Å². The van der Waals surface area contributed by atoms with E-state index < -0.39 is 30.1 Å². The topological polar surface area (TPSA) is 115 Å². The summed E-state index contributed by atoms with van der Waals surface area (Å²) < 4.78 is 14.8. The lowest BCUT2D eigenvalue weighted by Gasteiger charge is -2.43. The smallest absolute Gasteiger partial charge is 0.373 e. The van der Waals surface area contributed by atoms with Crippen molar-refractivity contribution in [2.24, 2.45) is 11.3 Å². The molecule has 2 aliphatic rings. The Morgan fingerprint density at radius 1 is 1.28 bits per heavy atom. The zero-order valence-electron chi connectivity index (χ0n) is 17.1. The number of rotatable bonds is 5. The van der Waals surface area contributed by atoms with Crippen LogP contribution in [-0.4, -0.2) is 48.0 Å². The molecule has 1 saturated carbocycles. The number of hydrogen-bond donors (Lipinski definition) is 1. The molecule has 0 radical (unpaired) electrons. The lowest BCUT2D eigenvalue weighted by Crippen LogP contribution is -2.54. The van der Waals surface area contributed by atoms with Crippen LogP contribution in [0.2, 0.25) is 0 Å². The molecule has 2 unspecified atom stereocenters. The minimum atomic E-state index is -0.963. The van der Waals surface area contributed by atoms with Gasteiger partial charge in [0, 0.05) is 0 Å². The normalized spacial score (nSPS) is 25.8. The summed E-state index contributed by atoms with van der Waals surface area (Å²) in [6.45, 7) is 5.50. The van der Waals surface area contributed by atoms with E-state index in [-0.39, 0.29) is 35.4 Å². The molecule has 0 aromatic carbocycles. The van der Waals surface area contributed by atoms with Gasteiger partial charge in [-0.05, 0) is 42.7 Å². The molecule has 1 aromatic heterocycles. The van der Waals surface area contributed by atoms with Gasteiger partial charge in [-0.1, -0.05) is 20.8 Å². The fourth-order valence-corrected chi connectivity index (χ4v) is 4.64. The molecule has 0 bridgehead atoms. The second-order valence-corrected chi connectivity index (χ2v) is 8.68. The highest BCUT2D eigenvalue weighted by Crippen LogP contribution is 2.46. The SMILES string of the molecule is COC(=O)c1ccc(COC(=O)CN2C(=O)NC3(CC(C)CC(C)(C)C3)C2=O)o1. The van der Waals surface area contributed by atoms with Crippen molar-refractivity contribution < 1.29 is 33.1 Å². The monoisotopic (exact) mass is 406 g/mol. The van der Waals surface area contributed by atoms with Gasteiger partial charge in [0.2, 0.25) is 5.76 Å². The van der Waals surface area contributed by atoms with Crippen molar-refractivity contribution in [3.05, 3.63) is 23.7 Å². The first-order valence-corrected chi connectivity index (χ1v) is 9.52. The maximum absolute atomic E-state index is 13.0. The van der Waals surface area contributed by atoms with Gasteiger partial charge in [0.1, 0.15) is 24.5 Å². The van der Waals surface area contributed by atoms with Crippen LogP contribution in [0.4, 0.5) is 4.79 Å². The van der Waals surface area contributed by atoms with Crippen molar-refractivity contribution >= 4 is 23.9 Å². The van der Waals surface area contributed by atoms with Crippen molar-refractivity contribution in [2.45, 2.75) is 52.2 Å². The maximum atomic E-state index is 13.0. The van der Waals surface area contributed by atoms with E-state index in [4.69, 9.17) is 9.15 Å². The third kappa shape index (κ3) is 4.28. The molecule has 2 atom stereocenters. The van der Waals surface area contributed by atoms with E-state index >= 15 is 0 Å². The minimum Gasteiger partial charge on any atom is -0.463 e. The Bertz CT molecular complexity index is 844. The van der Waals surface area contributed by atoms with E-state index in [1.54, 1.807) is 0 Å². The molecule has 1 aliphatic carbocycles. The average molecular weight is 406 g/mol. The van der Waals surface area contributed by atoms with Crippen LogP contribution < -0.4 is 5.32 Å². The lowest BCUT2D eigenvalue weighted by atomic mass is 9.64. The number of nitrogens with one attached hydrogen (secondary N) is 1. The Balaban J connectivity index is 1.60. The van der Waals surface area contributed by atoms with Crippen LogP contribution in [0.25, 0.3) is 0 Å². The maximum Gasteiger partial charge on any atom is 0.373 e. The predicted octanol–water partition coefficient (Wildman–Crippen LogP) is 2.25. The van der Waals surface area contributed by atoms with E-state index in [0.29, 0.717) is 12.8 Å². The molecule has 1 saturated heterocycles. The Kier molecular flexibility index (Phi) is 5.42. The van der Waals surface area contributed by atoms with Crippen LogP contribution in [0.5, 0.6) is 0 Å². The summed E-state index contributed by atoms with van der Waals surface area (Å²) in [5, 5.41) is 2.82. The van der Waals surface area contributed by atoms with Crippen molar-refractivity contribution in [1.29, 1.82) is 0 Å². The fraction of sp³-hybridized carbons (Fsp3) is 0.600. The number of amides is 3. The zero-order chi connectivity index (χ0) is 21.4. The van der Waals surface area contributed by atoms with Gasteiger partial charge in [-0.2, -0.15) is 0 Å². The molecular weight excluding hydrogens is 380 g/mol. The molecule has 2 fully saturated rings. The van der Waals surface area contributed by atoms with E-state index in [9.17, 15) is 19.2 Å². The molecule has 158 valence electrons. The van der Waals surface area contributed by atoms with Gasteiger partial charge in [-0.15, -0.1) is 0 Å². The summed E-state index contributed by atoms with van der Waals surface area (Å²) in [5.74, 6) is -1.26. The second-order valence-electron chi connectivity index (χ2n) is 8.68. The molecule has 1 aromatic rings. The summed E-state index contributed by atoms with van der Waals surface area (Å²) in [7, 11) is 1.23. The third-order valence-electron chi connectivity index (χ3n) is 5.34. The van der Waals surface area contributed by atoms with Gasteiger partial charge in [0.25, 0.3) is 5.91 Å². The standard InChI is InChI=1S/C20H26N2O7/c1-12-7-19(2,3)11-20(8-12)17(25)22(18(26)21-20)9-15(23)28-10-13-5-6-14(29-13)16(24)27-4/h5-6,12H,7-11H2,1-4H3,(H,21,26). The molecule has 9 nitrogen and oxygen atoms in total. The van der Waals surface area contributed by atoms with Gasteiger partial charge >= 0.3 is 18.0 Å². The van der Waals surface area contributed by atoms with Gasteiger partial charge in [0.15, 0.2) is 0 Å². The molecule has 1 spiro atoms. The van der Waals surface area contributed by atoms with Crippen LogP contribution in [0, 0.1) is 11.3 Å². The quantitative estimate of drug-likeness (QED) is 0.589. The first-order valence-electron chi connectivity index (χ1n) is 9.52. The number of methoxy groups -OCH3 is 1. The van der Waals surface area contributed by atoms with Crippen LogP contribution >= 0.6 is 0 Å². The van der Waals surface area contributed by atoms with E-state index in [2.05, 4.69) is 30.8 Å². The summed E-state index contributed by atoms with van der Waals surface area (Å²) >= 11 is 0. The van der Waals surface area contributed by atoms with Crippen molar-refractivity contribution in [2.75, 3.05) is 13.7 Å². The number of carbonyl (C=O) groups is 4. The number of urea groups is 1. The van der Waals surface area contributed by atoms with Crippen molar-refractivity contribution in [3.63, 3.8) is 0 Å². The van der Waals surface area contributed by atoms with E-state index in [1.165, 1.54) is 19.2 Å². The van der Waals surface area contributed by atoms with E-state index in [0.717, 1.165) is 11.3 Å². The van der Waals surface area contributed by atoms with Crippen LogP contribution in [0.3, 0.4) is 0 Å². The highest BCUT2D eigenvalue weighted by atomic mass is 16.6. The fourth-order valence-electron chi connectivity index (χ4n) is 4.64. The number of nitrogens with zero attached hydrogens (tertiary/aromatic N) is 1. The summed E-state index contributed by atoms with van der Waals surface area (Å²) in [6.07, 6.45) is 2.05. The molecular formula is C20H26N2O7. The molecule has 3 rings (SSSR count). The number of esters is 2. The van der Waals surface area contributed by atoms with Crippen LogP contribution in [-0.2, 0) is 25.7 Å². The number of imide groups is 1. The van der Waals surface area contributed by atoms with Crippen molar-refractivity contribution in [1.82, 2.24) is 10.2 Å². The Morgan fingerprint density at radius 3 is 2.66 bits per heavy atom. The highest BCUT2D eigenvalue weighted by Gasteiger charge is 2.56. The predicted molar refractivity (Wildman–Crippen MR) is 99.6 cm³/mol. The molecule has 29 heavy (non-hydrogen) atoms.